The standard InChI is InChI=1S/C15H26N4O2/c1-2-3-4-5-6-7-10-18-15(17)19-11-12-8-9-13(21-12)14(16)20/h8-9H,2-7,10-11H2,1H3,(H2,16,20)(H3,17,18,19). The Morgan fingerprint density at radius 3 is 2.57 bits per heavy atom. The highest BCUT2D eigenvalue weighted by Crippen LogP contribution is 2.08. The molecule has 21 heavy (non-hydrogen) atoms. The van der Waals surface area contributed by atoms with Gasteiger partial charge in [-0.1, -0.05) is 39.0 Å². The van der Waals surface area contributed by atoms with Crippen LogP contribution in [-0.2, 0) is 6.54 Å². The summed E-state index contributed by atoms with van der Waals surface area (Å²) in [5, 5.41) is 3.07. The number of amides is 1. The molecule has 1 aromatic heterocycles. The number of hydrogen-bond acceptors (Lipinski definition) is 3. The Labute approximate surface area is 126 Å². The number of primary amides is 1. The summed E-state index contributed by atoms with van der Waals surface area (Å²) in [7, 11) is 0. The Morgan fingerprint density at radius 2 is 1.90 bits per heavy atom. The predicted octanol–water partition coefficient (Wildman–Crippen LogP) is 2.14. The van der Waals surface area contributed by atoms with Gasteiger partial charge in [-0.05, 0) is 18.6 Å². The van der Waals surface area contributed by atoms with E-state index < -0.39 is 5.91 Å². The lowest BCUT2D eigenvalue weighted by molar-refractivity contribution is 0.0972. The Balaban J connectivity index is 2.16. The zero-order valence-corrected chi connectivity index (χ0v) is 12.7. The van der Waals surface area contributed by atoms with Crippen LogP contribution < -0.4 is 16.8 Å². The molecular weight excluding hydrogens is 268 g/mol. The molecule has 0 saturated carbocycles. The fourth-order valence-corrected chi connectivity index (χ4v) is 1.94. The Bertz CT molecular complexity index is 454. The van der Waals surface area contributed by atoms with Crippen molar-refractivity contribution in [1.82, 2.24) is 5.32 Å². The van der Waals surface area contributed by atoms with Gasteiger partial charge in [-0.3, -0.25) is 4.79 Å². The number of furan rings is 1. The first-order chi connectivity index (χ1) is 10.1. The second kappa shape index (κ2) is 9.85. The maximum absolute atomic E-state index is 10.9. The SMILES string of the molecule is CCCCCCCCNC(N)=NCc1ccc(C(N)=O)o1. The van der Waals surface area contributed by atoms with E-state index in [1.165, 1.54) is 38.2 Å². The average Bonchev–Trinajstić information content (AvgIpc) is 2.93. The van der Waals surface area contributed by atoms with Crippen molar-refractivity contribution in [3.63, 3.8) is 0 Å². The maximum Gasteiger partial charge on any atom is 0.284 e. The second-order valence-corrected chi connectivity index (χ2v) is 5.03. The van der Waals surface area contributed by atoms with Crippen LogP contribution in [0.25, 0.3) is 0 Å². The molecule has 0 aliphatic heterocycles. The zero-order chi connectivity index (χ0) is 15.5. The zero-order valence-electron chi connectivity index (χ0n) is 12.7. The van der Waals surface area contributed by atoms with E-state index in [4.69, 9.17) is 15.9 Å². The van der Waals surface area contributed by atoms with Gasteiger partial charge in [0.15, 0.2) is 11.7 Å². The number of nitrogens with zero attached hydrogens (tertiary/aromatic N) is 1. The maximum atomic E-state index is 10.9. The second-order valence-electron chi connectivity index (χ2n) is 5.03. The first kappa shape index (κ1) is 17.1. The molecule has 6 nitrogen and oxygen atoms in total. The lowest BCUT2D eigenvalue weighted by Crippen LogP contribution is -2.32. The summed E-state index contributed by atoms with van der Waals surface area (Å²) < 4.78 is 5.21. The summed E-state index contributed by atoms with van der Waals surface area (Å²) in [6, 6.07) is 3.21. The number of aliphatic imine (C=N–C) groups is 1. The minimum atomic E-state index is -0.584. The number of unbranched alkanes of at least 4 members (excludes halogenated alkanes) is 5. The summed E-state index contributed by atoms with van der Waals surface area (Å²) >= 11 is 0. The van der Waals surface area contributed by atoms with E-state index in [9.17, 15) is 4.79 Å². The number of nitrogens with one attached hydrogen (secondary N) is 1. The number of hydrogen-bond donors (Lipinski definition) is 3. The lowest BCUT2D eigenvalue weighted by atomic mass is 10.1. The summed E-state index contributed by atoms with van der Waals surface area (Å²) in [6.07, 6.45) is 7.46. The smallest absolute Gasteiger partial charge is 0.284 e. The van der Waals surface area contributed by atoms with Gasteiger partial charge in [-0.2, -0.15) is 0 Å². The Morgan fingerprint density at radius 1 is 1.19 bits per heavy atom. The topological polar surface area (TPSA) is 107 Å². The monoisotopic (exact) mass is 294 g/mol. The van der Waals surface area contributed by atoms with Crippen LogP contribution in [0.3, 0.4) is 0 Å². The number of carbonyl (C=O) groups is 1. The van der Waals surface area contributed by atoms with Crippen LogP contribution >= 0.6 is 0 Å². The van der Waals surface area contributed by atoms with Gasteiger partial charge < -0.3 is 21.2 Å². The van der Waals surface area contributed by atoms with Crippen LogP contribution in [-0.4, -0.2) is 18.4 Å². The highest BCUT2D eigenvalue weighted by Gasteiger charge is 2.06. The normalized spacial score (nSPS) is 11.6. The molecule has 0 aliphatic carbocycles. The van der Waals surface area contributed by atoms with E-state index in [2.05, 4.69) is 17.2 Å². The molecule has 1 aromatic rings. The Hall–Kier alpha value is -1.98. The van der Waals surface area contributed by atoms with Gasteiger partial charge >= 0.3 is 0 Å². The van der Waals surface area contributed by atoms with Gasteiger partial charge in [-0.15, -0.1) is 0 Å². The van der Waals surface area contributed by atoms with Crippen molar-refractivity contribution >= 4 is 11.9 Å². The van der Waals surface area contributed by atoms with Crippen LogP contribution in [0.15, 0.2) is 21.5 Å². The van der Waals surface area contributed by atoms with E-state index >= 15 is 0 Å². The molecule has 0 aromatic carbocycles. The highest BCUT2D eigenvalue weighted by molar-refractivity contribution is 5.89. The van der Waals surface area contributed by atoms with Crippen molar-refractivity contribution in [2.45, 2.75) is 52.0 Å². The lowest BCUT2D eigenvalue weighted by Gasteiger charge is -2.05. The van der Waals surface area contributed by atoms with Crippen LogP contribution in [0.2, 0.25) is 0 Å². The molecule has 0 fully saturated rings. The van der Waals surface area contributed by atoms with Crippen molar-refractivity contribution < 1.29 is 9.21 Å². The summed E-state index contributed by atoms with van der Waals surface area (Å²) in [5.41, 5.74) is 10.9. The fourth-order valence-electron chi connectivity index (χ4n) is 1.94. The van der Waals surface area contributed by atoms with Gasteiger partial charge in [0.2, 0.25) is 0 Å². The van der Waals surface area contributed by atoms with Crippen LogP contribution in [0.1, 0.15) is 61.8 Å². The summed E-state index contributed by atoms with van der Waals surface area (Å²) in [5.74, 6) is 0.506. The average molecular weight is 294 g/mol. The van der Waals surface area contributed by atoms with Gasteiger partial charge in [0.1, 0.15) is 12.3 Å². The number of guanidine groups is 1. The Kier molecular flexibility index (Phi) is 8.01. The predicted molar refractivity (Wildman–Crippen MR) is 83.9 cm³/mol. The third-order valence-electron chi connectivity index (χ3n) is 3.15. The molecule has 0 unspecified atom stereocenters. The van der Waals surface area contributed by atoms with Crippen LogP contribution in [0.4, 0.5) is 0 Å². The van der Waals surface area contributed by atoms with E-state index in [1.807, 2.05) is 0 Å². The van der Waals surface area contributed by atoms with Crippen molar-refractivity contribution in [2.24, 2.45) is 16.5 Å². The van der Waals surface area contributed by atoms with E-state index in [-0.39, 0.29) is 5.76 Å². The molecule has 0 atom stereocenters. The molecule has 1 rings (SSSR count). The quantitative estimate of drug-likeness (QED) is 0.349. The van der Waals surface area contributed by atoms with Crippen molar-refractivity contribution in [2.75, 3.05) is 6.54 Å². The molecule has 0 aliphatic rings. The molecule has 0 spiro atoms. The summed E-state index contributed by atoms with van der Waals surface area (Å²) in [4.78, 5) is 15.0. The van der Waals surface area contributed by atoms with Crippen molar-refractivity contribution in [3.05, 3.63) is 23.7 Å². The van der Waals surface area contributed by atoms with Gasteiger partial charge in [0.25, 0.3) is 5.91 Å². The molecular formula is C15H26N4O2. The van der Waals surface area contributed by atoms with E-state index in [0.717, 1.165) is 13.0 Å². The van der Waals surface area contributed by atoms with Crippen LogP contribution in [0.5, 0.6) is 0 Å². The van der Waals surface area contributed by atoms with E-state index in [1.54, 1.807) is 6.07 Å². The first-order valence-corrected chi connectivity index (χ1v) is 7.55. The number of carbonyl (C=O) groups excluding carboxylic acids is 1. The van der Waals surface area contributed by atoms with Gasteiger partial charge in [-0.25, -0.2) is 4.99 Å². The van der Waals surface area contributed by atoms with Gasteiger partial charge in [0.05, 0.1) is 0 Å². The molecule has 0 saturated heterocycles. The molecule has 1 amide bonds. The van der Waals surface area contributed by atoms with Crippen LogP contribution in [0, 0.1) is 0 Å². The molecule has 118 valence electrons. The third-order valence-corrected chi connectivity index (χ3v) is 3.15. The third kappa shape index (κ3) is 7.39. The molecule has 5 N–H and O–H groups in total. The summed E-state index contributed by atoms with van der Waals surface area (Å²) in [6.45, 7) is 3.33. The molecule has 0 radical (unpaired) electrons. The molecule has 0 bridgehead atoms. The fraction of sp³-hybridized carbons (Fsp3) is 0.600. The van der Waals surface area contributed by atoms with Gasteiger partial charge in [0, 0.05) is 6.54 Å². The molecule has 6 heteroatoms. The highest BCUT2D eigenvalue weighted by atomic mass is 16.3. The first-order valence-electron chi connectivity index (χ1n) is 7.55. The number of rotatable bonds is 10. The van der Waals surface area contributed by atoms with Crippen molar-refractivity contribution in [1.29, 1.82) is 0 Å². The van der Waals surface area contributed by atoms with Crippen molar-refractivity contribution in [3.8, 4) is 0 Å². The largest absolute Gasteiger partial charge is 0.454 e. The number of nitrogens with two attached hydrogens (primary N) is 2. The minimum absolute atomic E-state index is 0.138. The molecule has 1 heterocycles. The van der Waals surface area contributed by atoms with E-state index in [0.29, 0.717) is 18.3 Å². The minimum Gasteiger partial charge on any atom is -0.454 e.